The number of tetrazole rings is 1. The molecule has 1 saturated carbocycles. The SMILES string of the molecule is Cn1nnnc1-c1cccc(NC(=O)N(Cc2ccco2)C2CCCC2)c1. The summed E-state index contributed by atoms with van der Waals surface area (Å²) < 4.78 is 7.06. The van der Waals surface area contributed by atoms with Crippen molar-refractivity contribution in [1.82, 2.24) is 25.1 Å². The van der Waals surface area contributed by atoms with Crippen molar-refractivity contribution < 1.29 is 9.21 Å². The van der Waals surface area contributed by atoms with Gasteiger partial charge in [0.25, 0.3) is 0 Å². The molecule has 0 unspecified atom stereocenters. The second kappa shape index (κ2) is 7.61. The smallest absolute Gasteiger partial charge is 0.322 e. The zero-order valence-electron chi connectivity index (χ0n) is 15.2. The van der Waals surface area contributed by atoms with Crippen LogP contribution in [0.1, 0.15) is 31.4 Å². The number of aryl methyl sites for hydroxylation is 1. The Morgan fingerprint density at radius 3 is 2.85 bits per heavy atom. The highest BCUT2D eigenvalue weighted by atomic mass is 16.3. The standard InChI is InChI=1S/C19H22N6O2/c1-24-18(21-22-23-24)14-6-4-7-15(12-14)20-19(26)25(16-8-2-3-9-16)13-17-10-5-11-27-17/h4-7,10-12,16H,2-3,8-9,13H2,1H3,(H,20,26). The number of hydrogen-bond donors (Lipinski definition) is 1. The van der Waals surface area contributed by atoms with Crippen LogP contribution >= 0.6 is 0 Å². The first kappa shape index (κ1) is 17.3. The van der Waals surface area contributed by atoms with Gasteiger partial charge in [-0.2, -0.15) is 0 Å². The van der Waals surface area contributed by atoms with Gasteiger partial charge in [-0.3, -0.25) is 0 Å². The molecule has 1 aliphatic rings. The lowest BCUT2D eigenvalue weighted by molar-refractivity contribution is 0.178. The van der Waals surface area contributed by atoms with Crippen molar-refractivity contribution in [1.29, 1.82) is 0 Å². The van der Waals surface area contributed by atoms with E-state index in [1.54, 1.807) is 18.0 Å². The number of carbonyl (C=O) groups is 1. The minimum Gasteiger partial charge on any atom is -0.467 e. The first-order chi connectivity index (χ1) is 13.2. The number of hydrogen-bond acceptors (Lipinski definition) is 5. The number of furan rings is 1. The first-order valence-corrected chi connectivity index (χ1v) is 9.13. The van der Waals surface area contributed by atoms with Crippen molar-refractivity contribution in [2.24, 2.45) is 7.05 Å². The van der Waals surface area contributed by atoms with Gasteiger partial charge < -0.3 is 14.6 Å². The van der Waals surface area contributed by atoms with Crippen molar-refractivity contribution >= 4 is 11.7 Å². The number of urea groups is 1. The fourth-order valence-corrected chi connectivity index (χ4v) is 3.56. The van der Waals surface area contributed by atoms with Crippen LogP contribution in [0.2, 0.25) is 0 Å². The van der Waals surface area contributed by atoms with Crippen molar-refractivity contribution in [3.8, 4) is 11.4 Å². The number of aromatic nitrogens is 4. The average Bonchev–Trinajstić information content (AvgIpc) is 3.42. The summed E-state index contributed by atoms with van der Waals surface area (Å²) in [5, 5.41) is 14.6. The Bertz CT molecular complexity index is 899. The Morgan fingerprint density at radius 1 is 1.30 bits per heavy atom. The van der Waals surface area contributed by atoms with Crippen LogP contribution in [0.25, 0.3) is 11.4 Å². The van der Waals surface area contributed by atoms with Crippen LogP contribution in [0.3, 0.4) is 0 Å². The van der Waals surface area contributed by atoms with E-state index in [4.69, 9.17) is 4.42 Å². The highest BCUT2D eigenvalue weighted by molar-refractivity contribution is 5.90. The molecule has 27 heavy (non-hydrogen) atoms. The molecule has 1 aromatic carbocycles. The maximum absolute atomic E-state index is 13.0. The van der Waals surface area contributed by atoms with E-state index in [1.165, 1.54) is 0 Å². The topological polar surface area (TPSA) is 89.1 Å². The summed E-state index contributed by atoms with van der Waals surface area (Å²) in [6.07, 6.45) is 6.00. The molecule has 1 aliphatic carbocycles. The minimum absolute atomic E-state index is 0.119. The number of anilines is 1. The molecule has 0 bridgehead atoms. The van der Waals surface area contributed by atoms with Crippen molar-refractivity contribution in [3.63, 3.8) is 0 Å². The summed E-state index contributed by atoms with van der Waals surface area (Å²) in [6.45, 7) is 0.469. The Morgan fingerprint density at radius 2 is 2.15 bits per heavy atom. The Balaban J connectivity index is 1.53. The predicted octanol–water partition coefficient (Wildman–Crippen LogP) is 3.45. The Hall–Kier alpha value is -3.16. The monoisotopic (exact) mass is 366 g/mol. The fraction of sp³-hybridized carbons (Fsp3) is 0.368. The molecule has 3 aromatic rings. The molecule has 140 valence electrons. The van der Waals surface area contributed by atoms with Crippen LogP contribution < -0.4 is 5.32 Å². The van der Waals surface area contributed by atoms with Crippen LogP contribution in [0, 0.1) is 0 Å². The lowest BCUT2D eigenvalue weighted by Crippen LogP contribution is -2.41. The Labute approximate surface area is 157 Å². The van der Waals surface area contributed by atoms with Gasteiger partial charge in [-0.25, -0.2) is 9.48 Å². The summed E-state index contributed by atoms with van der Waals surface area (Å²) in [5.41, 5.74) is 1.56. The van der Waals surface area contributed by atoms with Gasteiger partial charge in [-0.1, -0.05) is 25.0 Å². The van der Waals surface area contributed by atoms with E-state index in [-0.39, 0.29) is 12.1 Å². The maximum atomic E-state index is 13.0. The van der Waals surface area contributed by atoms with Gasteiger partial charge in [-0.05, 0) is 47.5 Å². The predicted molar refractivity (Wildman–Crippen MR) is 99.8 cm³/mol. The van der Waals surface area contributed by atoms with Gasteiger partial charge in [0.1, 0.15) is 5.76 Å². The van der Waals surface area contributed by atoms with Gasteiger partial charge in [0.05, 0.1) is 12.8 Å². The van der Waals surface area contributed by atoms with Crippen molar-refractivity contribution in [2.75, 3.05) is 5.32 Å². The minimum atomic E-state index is -0.119. The van der Waals surface area contributed by atoms with Gasteiger partial charge in [0.15, 0.2) is 5.82 Å². The molecule has 1 N–H and O–H groups in total. The molecule has 2 heterocycles. The van der Waals surface area contributed by atoms with Crippen LogP contribution in [0.4, 0.5) is 10.5 Å². The summed E-state index contributed by atoms with van der Waals surface area (Å²) >= 11 is 0. The number of rotatable bonds is 5. The molecular weight excluding hydrogens is 344 g/mol. The molecule has 0 aliphatic heterocycles. The lowest BCUT2D eigenvalue weighted by atomic mass is 10.2. The van der Waals surface area contributed by atoms with Gasteiger partial charge >= 0.3 is 6.03 Å². The van der Waals surface area contributed by atoms with Crippen LogP contribution in [-0.2, 0) is 13.6 Å². The molecule has 8 nitrogen and oxygen atoms in total. The molecule has 0 saturated heterocycles. The number of nitrogens with zero attached hydrogens (tertiary/aromatic N) is 5. The van der Waals surface area contributed by atoms with Crippen molar-refractivity contribution in [2.45, 2.75) is 38.3 Å². The molecular formula is C19H22N6O2. The van der Waals surface area contributed by atoms with E-state index in [2.05, 4.69) is 20.8 Å². The first-order valence-electron chi connectivity index (χ1n) is 9.13. The number of nitrogens with one attached hydrogen (secondary N) is 1. The maximum Gasteiger partial charge on any atom is 0.322 e. The molecule has 0 atom stereocenters. The largest absolute Gasteiger partial charge is 0.467 e. The fourth-order valence-electron chi connectivity index (χ4n) is 3.56. The normalized spacial score (nSPS) is 14.4. The zero-order chi connectivity index (χ0) is 18.6. The second-order valence-electron chi connectivity index (χ2n) is 6.78. The molecule has 2 aromatic heterocycles. The molecule has 4 rings (SSSR count). The molecule has 8 heteroatoms. The van der Waals surface area contributed by atoms with Crippen LogP contribution in [-0.4, -0.2) is 37.2 Å². The molecule has 0 spiro atoms. The average molecular weight is 366 g/mol. The van der Waals surface area contributed by atoms with E-state index >= 15 is 0 Å². The van der Waals surface area contributed by atoms with E-state index in [0.29, 0.717) is 18.1 Å². The third-order valence-corrected chi connectivity index (χ3v) is 4.92. The quantitative estimate of drug-likeness (QED) is 0.747. The summed E-state index contributed by atoms with van der Waals surface area (Å²) in [5.74, 6) is 1.44. The highest BCUT2D eigenvalue weighted by Gasteiger charge is 2.27. The second-order valence-corrected chi connectivity index (χ2v) is 6.78. The van der Waals surface area contributed by atoms with E-state index in [1.807, 2.05) is 41.3 Å². The number of carbonyl (C=O) groups excluding carboxylic acids is 1. The number of amides is 2. The Kier molecular flexibility index (Phi) is 4.86. The van der Waals surface area contributed by atoms with E-state index in [9.17, 15) is 4.79 Å². The molecule has 2 amide bonds. The van der Waals surface area contributed by atoms with E-state index < -0.39 is 0 Å². The highest BCUT2D eigenvalue weighted by Crippen LogP contribution is 2.26. The molecule has 0 radical (unpaired) electrons. The zero-order valence-corrected chi connectivity index (χ0v) is 15.2. The summed E-state index contributed by atoms with van der Waals surface area (Å²) in [7, 11) is 1.78. The molecule has 1 fully saturated rings. The summed E-state index contributed by atoms with van der Waals surface area (Å²) in [4.78, 5) is 14.9. The third-order valence-electron chi connectivity index (χ3n) is 4.92. The van der Waals surface area contributed by atoms with Gasteiger partial charge in [-0.15, -0.1) is 5.10 Å². The van der Waals surface area contributed by atoms with Crippen molar-refractivity contribution in [3.05, 3.63) is 48.4 Å². The van der Waals surface area contributed by atoms with Gasteiger partial charge in [0.2, 0.25) is 0 Å². The van der Waals surface area contributed by atoms with Crippen LogP contribution in [0.5, 0.6) is 0 Å². The van der Waals surface area contributed by atoms with Crippen LogP contribution in [0.15, 0.2) is 47.1 Å². The lowest BCUT2D eigenvalue weighted by Gasteiger charge is -2.28. The summed E-state index contributed by atoms with van der Waals surface area (Å²) in [6, 6.07) is 11.4. The van der Waals surface area contributed by atoms with E-state index in [0.717, 1.165) is 37.0 Å². The third kappa shape index (κ3) is 3.84. The number of benzene rings is 1. The van der Waals surface area contributed by atoms with Gasteiger partial charge in [0, 0.05) is 24.3 Å².